The van der Waals surface area contributed by atoms with Crippen LogP contribution in [0.2, 0.25) is 0 Å². The van der Waals surface area contributed by atoms with E-state index in [1.165, 1.54) is 0 Å². The van der Waals surface area contributed by atoms with Gasteiger partial charge in [0.05, 0.1) is 11.5 Å². The van der Waals surface area contributed by atoms with E-state index in [2.05, 4.69) is 15.6 Å². The molecule has 0 radical (unpaired) electrons. The first-order valence-electron chi connectivity index (χ1n) is 5.86. The number of carbonyl (C=O) groups is 1. The van der Waals surface area contributed by atoms with Crippen LogP contribution in [0.1, 0.15) is 22.5 Å². The monoisotopic (exact) mass is 304 g/mol. The number of aromatic nitrogens is 1. The highest BCUT2D eigenvalue weighted by atomic mass is 32.2. The van der Waals surface area contributed by atoms with Gasteiger partial charge in [-0.2, -0.15) is 0 Å². The van der Waals surface area contributed by atoms with Gasteiger partial charge >= 0.3 is 0 Å². The Balaban J connectivity index is 2.06. The molecule has 0 saturated carbocycles. The van der Waals surface area contributed by atoms with Gasteiger partial charge in [0, 0.05) is 13.1 Å². The predicted octanol–water partition coefficient (Wildman–Crippen LogP) is 0.0740. The molecule has 4 N–H and O–H groups in total. The molecule has 1 aromatic rings. The average Bonchev–Trinajstić information content (AvgIpc) is 2.69. The van der Waals surface area contributed by atoms with Crippen molar-refractivity contribution in [3.8, 4) is 0 Å². The predicted molar refractivity (Wildman–Crippen MR) is 75.2 cm³/mol. The number of nitrogens with two attached hydrogens (primary N) is 1. The first-order chi connectivity index (χ1) is 8.91. The number of nitrogens with one attached hydrogen (secondary N) is 2. The van der Waals surface area contributed by atoms with Crippen molar-refractivity contribution < 1.29 is 13.2 Å². The molecule has 7 nitrogen and oxygen atoms in total. The summed E-state index contributed by atoms with van der Waals surface area (Å²) in [5.41, 5.74) is 5.66. The SMILES string of the molecule is CNc1nc(N)c(C(=O)NC2CCCS(=O)(=O)C2)s1. The van der Waals surface area contributed by atoms with Gasteiger partial charge in [0.1, 0.15) is 10.7 Å². The summed E-state index contributed by atoms with van der Waals surface area (Å²) in [4.78, 5) is 16.3. The summed E-state index contributed by atoms with van der Waals surface area (Å²) in [6.45, 7) is 0. The van der Waals surface area contributed by atoms with Crippen LogP contribution in [0.15, 0.2) is 0 Å². The molecule has 1 fully saturated rings. The second kappa shape index (κ2) is 5.33. The van der Waals surface area contributed by atoms with E-state index < -0.39 is 9.84 Å². The molecule has 1 atom stereocenters. The van der Waals surface area contributed by atoms with Crippen molar-refractivity contribution in [1.29, 1.82) is 0 Å². The molecule has 1 unspecified atom stereocenters. The summed E-state index contributed by atoms with van der Waals surface area (Å²) >= 11 is 1.15. The number of rotatable bonds is 3. The molecule has 0 bridgehead atoms. The first kappa shape index (κ1) is 14.1. The molecule has 9 heteroatoms. The average molecular weight is 304 g/mol. The highest BCUT2D eigenvalue weighted by molar-refractivity contribution is 7.91. The lowest BCUT2D eigenvalue weighted by atomic mass is 10.2. The Morgan fingerprint density at radius 2 is 2.26 bits per heavy atom. The summed E-state index contributed by atoms with van der Waals surface area (Å²) in [7, 11) is -1.35. The minimum Gasteiger partial charge on any atom is -0.382 e. The first-order valence-corrected chi connectivity index (χ1v) is 8.50. The topological polar surface area (TPSA) is 114 Å². The molecular formula is C10H16N4O3S2. The van der Waals surface area contributed by atoms with Gasteiger partial charge in [0.15, 0.2) is 15.0 Å². The second-order valence-corrected chi connectivity index (χ2v) is 7.64. The van der Waals surface area contributed by atoms with Crippen LogP contribution < -0.4 is 16.4 Å². The smallest absolute Gasteiger partial charge is 0.265 e. The normalized spacial score (nSPS) is 21.8. The number of anilines is 2. The van der Waals surface area contributed by atoms with Gasteiger partial charge in [-0.3, -0.25) is 4.79 Å². The van der Waals surface area contributed by atoms with Crippen molar-refractivity contribution in [2.24, 2.45) is 0 Å². The Hall–Kier alpha value is -1.35. The van der Waals surface area contributed by atoms with Crippen LogP contribution >= 0.6 is 11.3 Å². The highest BCUT2D eigenvalue weighted by Gasteiger charge is 2.27. The summed E-state index contributed by atoms with van der Waals surface area (Å²) in [5, 5.41) is 6.08. The molecular weight excluding hydrogens is 288 g/mol. The molecule has 19 heavy (non-hydrogen) atoms. The van der Waals surface area contributed by atoms with E-state index in [-0.39, 0.29) is 29.3 Å². The Kier molecular flexibility index (Phi) is 3.95. The zero-order chi connectivity index (χ0) is 14.0. The van der Waals surface area contributed by atoms with E-state index in [0.717, 1.165) is 11.3 Å². The lowest BCUT2D eigenvalue weighted by Gasteiger charge is -2.22. The molecule has 1 saturated heterocycles. The van der Waals surface area contributed by atoms with Crippen molar-refractivity contribution in [3.05, 3.63) is 4.88 Å². The van der Waals surface area contributed by atoms with Gasteiger partial charge in [-0.05, 0) is 12.8 Å². The Bertz CT molecular complexity index is 582. The maximum atomic E-state index is 12.0. The molecule has 2 rings (SSSR count). The Labute approximate surface area is 115 Å². The van der Waals surface area contributed by atoms with E-state index in [4.69, 9.17) is 5.73 Å². The summed E-state index contributed by atoms with van der Waals surface area (Å²) < 4.78 is 23.0. The van der Waals surface area contributed by atoms with E-state index in [1.807, 2.05) is 0 Å². The van der Waals surface area contributed by atoms with Gasteiger partial charge in [0.25, 0.3) is 5.91 Å². The van der Waals surface area contributed by atoms with Crippen LogP contribution in [-0.2, 0) is 9.84 Å². The van der Waals surface area contributed by atoms with Crippen molar-refractivity contribution in [1.82, 2.24) is 10.3 Å². The minimum atomic E-state index is -3.04. The third-order valence-electron chi connectivity index (χ3n) is 2.87. The minimum absolute atomic E-state index is 0.00364. The van der Waals surface area contributed by atoms with Crippen molar-refractivity contribution in [2.75, 3.05) is 29.6 Å². The number of thiazole rings is 1. The number of hydrogen-bond acceptors (Lipinski definition) is 7. The fourth-order valence-electron chi connectivity index (χ4n) is 1.99. The van der Waals surface area contributed by atoms with E-state index in [0.29, 0.717) is 22.9 Å². The number of nitrogen functional groups attached to an aromatic ring is 1. The van der Waals surface area contributed by atoms with Crippen LogP contribution in [0.25, 0.3) is 0 Å². The Morgan fingerprint density at radius 1 is 1.53 bits per heavy atom. The molecule has 0 spiro atoms. The fourth-order valence-corrected chi connectivity index (χ4v) is 4.37. The van der Waals surface area contributed by atoms with E-state index >= 15 is 0 Å². The zero-order valence-corrected chi connectivity index (χ0v) is 12.1. The highest BCUT2D eigenvalue weighted by Crippen LogP contribution is 2.24. The number of hydrogen-bond donors (Lipinski definition) is 3. The molecule has 1 aromatic heterocycles. The third kappa shape index (κ3) is 3.35. The van der Waals surface area contributed by atoms with Crippen molar-refractivity contribution in [2.45, 2.75) is 18.9 Å². The fraction of sp³-hybridized carbons (Fsp3) is 0.600. The standard InChI is InChI=1S/C10H16N4O3S2/c1-12-10-14-8(11)7(18-10)9(15)13-6-3-2-4-19(16,17)5-6/h6H,2-5,11H2,1H3,(H,12,14)(H,13,15). The van der Waals surface area contributed by atoms with E-state index in [1.54, 1.807) is 7.05 Å². The van der Waals surface area contributed by atoms with Gasteiger partial charge < -0.3 is 16.4 Å². The number of amides is 1. The zero-order valence-electron chi connectivity index (χ0n) is 10.5. The number of carbonyl (C=O) groups excluding carboxylic acids is 1. The van der Waals surface area contributed by atoms with Gasteiger partial charge in [-0.25, -0.2) is 13.4 Å². The lowest BCUT2D eigenvalue weighted by Crippen LogP contribution is -2.43. The van der Waals surface area contributed by atoms with Crippen LogP contribution in [0.5, 0.6) is 0 Å². The van der Waals surface area contributed by atoms with Crippen LogP contribution in [0, 0.1) is 0 Å². The van der Waals surface area contributed by atoms with Crippen LogP contribution in [0.4, 0.5) is 10.9 Å². The molecule has 1 aliphatic rings. The third-order valence-corrected chi connectivity index (χ3v) is 5.78. The Morgan fingerprint density at radius 3 is 2.84 bits per heavy atom. The molecule has 0 aromatic carbocycles. The number of nitrogens with zero attached hydrogens (tertiary/aromatic N) is 1. The molecule has 106 valence electrons. The quantitative estimate of drug-likeness (QED) is 0.728. The largest absolute Gasteiger partial charge is 0.382 e. The number of sulfone groups is 1. The molecule has 0 aliphatic carbocycles. The lowest BCUT2D eigenvalue weighted by molar-refractivity contribution is 0.0943. The maximum Gasteiger partial charge on any atom is 0.265 e. The van der Waals surface area contributed by atoms with Gasteiger partial charge in [-0.15, -0.1) is 0 Å². The van der Waals surface area contributed by atoms with E-state index in [9.17, 15) is 13.2 Å². The second-order valence-electron chi connectivity index (χ2n) is 4.41. The van der Waals surface area contributed by atoms with Crippen LogP contribution in [-0.4, -0.2) is 43.9 Å². The van der Waals surface area contributed by atoms with Gasteiger partial charge in [0.2, 0.25) is 0 Å². The van der Waals surface area contributed by atoms with Crippen molar-refractivity contribution in [3.63, 3.8) is 0 Å². The summed E-state index contributed by atoms with van der Waals surface area (Å²) in [6, 6.07) is -0.342. The summed E-state index contributed by atoms with van der Waals surface area (Å²) in [6.07, 6.45) is 1.25. The molecule has 1 amide bonds. The molecule has 2 heterocycles. The van der Waals surface area contributed by atoms with Gasteiger partial charge in [-0.1, -0.05) is 11.3 Å². The maximum absolute atomic E-state index is 12.0. The van der Waals surface area contributed by atoms with Crippen molar-refractivity contribution >= 4 is 38.0 Å². The molecule has 1 aliphatic heterocycles. The summed E-state index contributed by atoms with van der Waals surface area (Å²) in [5.74, 6) is -0.00779. The van der Waals surface area contributed by atoms with Crippen LogP contribution in [0.3, 0.4) is 0 Å².